The third-order valence-corrected chi connectivity index (χ3v) is 6.23. The van der Waals surface area contributed by atoms with Crippen LogP contribution < -0.4 is 4.90 Å². The first-order valence-electron chi connectivity index (χ1n) is 9.06. The molecule has 8 heteroatoms. The van der Waals surface area contributed by atoms with Crippen molar-refractivity contribution in [3.63, 3.8) is 0 Å². The van der Waals surface area contributed by atoms with Crippen LogP contribution in [0.1, 0.15) is 5.56 Å². The number of sulfone groups is 1. The summed E-state index contributed by atoms with van der Waals surface area (Å²) < 4.78 is 29.8. The monoisotopic (exact) mass is 430 g/mol. The van der Waals surface area contributed by atoms with Gasteiger partial charge in [-0.3, -0.25) is 4.79 Å². The van der Waals surface area contributed by atoms with Crippen LogP contribution >= 0.6 is 11.6 Å². The van der Waals surface area contributed by atoms with Crippen molar-refractivity contribution in [2.45, 2.75) is 11.4 Å². The summed E-state index contributed by atoms with van der Waals surface area (Å²) in [6.45, 7) is 0.891. The number of pyridine rings is 1. The smallest absolute Gasteiger partial charge is 0.235 e. The van der Waals surface area contributed by atoms with Crippen LogP contribution in [0.2, 0.25) is 5.15 Å². The maximum atomic E-state index is 13.1. The molecule has 0 N–H and O–H groups in total. The number of carbonyl (C=O) groups is 1. The summed E-state index contributed by atoms with van der Waals surface area (Å²) in [5, 5.41) is 1.32. The van der Waals surface area contributed by atoms with Gasteiger partial charge in [-0.2, -0.15) is 0 Å². The van der Waals surface area contributed by atoms with Gasteiger partial charge in [0.2, 0.25) is 5.91 Å². The molecule has 1 fully saturated rings. The molecule has 0 aliphatic carbocycles. The molecule has 1 amide bonds. The number of ether oxygens (including phenoxy) is 1. The molecular weight excluding hydrogens is 412 g/mol. The van der Waals surface area contributed by atoms with Crippen molar-refractivity contribution in [1.29, 1.82) is 0 Å². The van der Waals surface area contributed by atoms with E-state index >= 15 is 0 Å². The number of rotatable bonds is 5. The van der Waals surface area contributed by atoms with Gasteiger partial charge in [-0.25, -0.2) is 13.4 Å². The van der Waals surface area contributed by atoms with E-state index in [1.165, 1.54) is 11.0 Å². The van der Waals surface area contributed by atoms with Crippen molar-refractivity contribution >= 4 is 43.9 Å². The summed E-state index contributed by atoms with van der Waals surface area (Å²) in [7, 11) is -3.51. The van der Waals surface area contributed by atoms with Gasteiger partial charge in [-0.05, 0) is 35.9 Å². The van der Waals surface area contributed by atoms with E-state index in [-0.39, 0.29) is 23.3 Å². The standard InChI is InChI=1S/C21H19ClN2O4S/c1-29(26,27)19-5-3-2-4-18(19)24(21(25)16-12-28-13-16)11-14-6-7-15-8-9-20(22)23-17(15)10-14/h2-10,16H,11-13H2,1H3. The number of hydrogen-bond donors (Lipinski definition) is 0. The van der Waals surface area contributed by atoms with Gasteiger partial charge in [0, 0.05) is 11.6 Å². The fraction of sp³-hybridized carbons (Fsp3) is 0.238. The largest absolute Gasteiger partial charge is 0.380 e. The summed E-state index contributed by atoms with van der Waals surface area (Å²) in [6, 6.07) is 15.8. The zero-order valence-electron chi connectivity index (χ0n) is 15.7. The Labute approximate surface area is 174 Å². The fourth-order valence-corrected chi connectivity index (χ4v) is 4.33. The van der Waals surface area contributed by atoms with Crippen LogP contribution in [0.4, 0.5) is 5.69 Å². The third kappa shape index (κ3) is 4.12. The lowest BCUT2D eigenvalue weighted by Crippen LogP contribution is -2.45. The first kappa shape index (κ1) is 19.8. The molecule has 0 unspecified atom stereocenters. The van der Waals surface area contributed by atoms with Gasteiger partial charge in [0.05, 0.1) is 41.8 Å². The van der Waals surface area contributed by atoms with Gasteiger partial charge < -0.3 is 9.64 Å². The summed E-state index contributed by atoms with van der Waals surface area (Å²) in [5.41, 5.74) is 1.90. The van der Waals surface area contributed by atoms with Gasteiger partial charge >= 0.3 is 0 Å². The Balaban J connectivity index is 1.77. The SMILES string of the molecule is CS(=O)(=O)c1ccccc1N(Cc1ccc2ccc(Cl)nc2c1)C(=O)C1COC1. The average molecular weight is 431 g/mol. The van der Waals surface area contributed by atoms with Crippen molar-refractivity contribution < 1.29 is 17.9 Å². The molecule has 0 radical (unpaired) electrons. The Bertz CT molecular complexity index is 1190. The lowest BCUT2D eigenvalue weighted by Gasteiger charge is -2.32. The number of nitrogens with zero attached hydrogens (tertiary/aromatic N) is 2. The molecule has 3 aromatic rings. The first-order chi connectivity index (χ1) is 13.8. The van der Waals surface area contributed by atoms with Crippen LogP contribution in [0.3, 0.4) is 0 Å². The average Bonchev–Trinajstić information content (AvgIpc) is 2.63. The summed E-state index contributed by atoms with van der Waals surface area (Å²) in [5.74, 6) is -0.442. The molecule has 1 aromatic heterocycles. The maximum Gasteiger partial charge on any atom is 0.235 e. The summed E-state index contributed by atoms with van der Waals surface area (Å²) in [4.78, 5) is 19.1. The van der Waals surface area contributed by atoms with Crippen LogP contribution in [0.5, 0.6) is 0 Å². The van der Waals surface area contributed by atoms with Gasteiger partial charge in [-0.15, -0.1) is 0 Å². The molecule has 0 atom stereocenters. The highest BCUT2D eigenvalue weighted by molar-refractivity contribution is 7.90. The highest BCUT2D eigenvalue weighted by atomic mass is 35.5. The Morgan fingerprint density at radius 1 is 1.17 bits per heavy atom. The quantitative estimate of drug-likeness (QED) is 0.579. The van der Waals surface area contributed by atoms with Crippen molar-refractivity contribution in [3.05, 3.63) is 65.3 Å². The molecule has 4 rings (SSSR count). The second-order valence-corrected chi connectivity index (χ2v) is 9.43. The molecule has 150 valence electrons. The minimum atomic E-state index is -3.51. The number of fused-ring (bicyclic) bond motifs is 1. The van der Waals surface area contributed by atoms with E-state index in [0.29, 0.717) is 29.6 Å². The molecule has 2 heterocycles. The van der Waals surface area contributed by atoms with E-state index in [1.807, 2.05) is 24.3 Å². The summed E-state index contributed by atoms with van der Waals surface area (Å²) >= 11 is 6.01. The number of hydrogen-bond acceptors (Lipinski definition) is 5. The molecule has 6 nitrogen and oxygen atoms in total. The van der Waals surface area contributed by atoms with E-state index in [1.54, 1.807) is 24.3 Å². The predicted octanol–water partition coefficient (Wildman–Crippen LogP) is 3.47. The lowest BCUT2D eigenvalue weighted by molar-refractivity contribution is -0.136. The highest BCUT2D eigenvalue weighted by Gasteiger charge is 2.33. The number of aromatic nitrogens is 1. The second kappa shape index (κ2) is 7.74. The van der Waals surface area contributed by atoms with Crippen LogP contribution in [0.15, 0.2) is 59.5 Å². The molecule has 1 aliphatic heterocycles. The minimum Gasteiger partial charge on any atom is -0.380 e. The molecule has 0 saturated carbocycles. The Hall–Kier alpha value is -2.48. The van der Waals surface area contributed by atoms with Crippen LogP contribution in [-0.2, 0) is 25.9 Å². The van der Waals surface area contributed by atoms with Crippen LogP contribution in [0.25, 0.3) is 10.9 Å². The highest BCUT2D eigenvalue weighted by Crippen LogP contribution is 2.30. The van der Waals surface area contributed by atoms with Crippen LogP contribution in [-0.4, -0.2) is 38.8 Å². The number of para-hydroxylation sites is 1. The molecule has 0 bridgehead atoms. The normalized spacial score (nSPS) is 14.6. The van der Waals surface area contributed by atoms with E-state index in [2.05, 4.69) is 4.98 Å². The number of amides is 1. The number of benzene rings is 2. The predicted molar refractivity (Wildman–Crippen MR) is 112 cm³/mol. The van der Waals surface area contributed by atoms with Gasteiger partial charge in [-0.1, -0.05) is 35.9 Å². The molecule has 2 aromatic carbocycles. The molecule has 0 spiro atoms. The topological polar surface area (TPSA) is 76.6 Å². The molecule has 29 heavy (non-hydrogen) atoms. The molecule has 1 saturated heterocycles. The van der Waals surface area contributed by atoms with Gasteiger partial charge in [0.1, 0.15) is 5.15 Å². The van der Waals surface area contributed by atoms with E-state index < -0.39 is 9.84 Å². The Kier molecular flexibility index (Phi) is 5.29. The van der Waals surface area contributed by atoms with E-state index in [9.17, 15) is 13.2 Å². The van der Waals surface area contributed by atoms with Crippen LogP contribution in [0, 0.1) is 5.92 Å². The number of carbonyl (C=O) groups excluding carboxylic acids is 1. The first-order valence-corrected chi connectivity index (χ1v) is 11.3. The Morgan fingerprint density at radius 2 is 1.90 bits per heavy atom. The maximum absolute atomic E-state index is 13.1. The zero-order chi connectivity index (χ0) is 20.6. The minimum absolute atomic E-state index is 0.121. The van der Waals surface area contributed by atoms with Gasteiger partial charge in [0.15, 0.2) is 9.84 Å². The molecule has 1 aliphatic rings. The van der Waals surface area contributed by atoms with Crippen molar-refractivity contribution in [2.75, 3.05) is 24.4 Å². The van der Waals surface area contributed by atoms with Crippen molar-refractivity contribution in [3.8, 4) is 0 Å². The summed E-state index contributed by atoms with van der Waals surface area (Å²) in [6.07, 6.45) is 1.14. The number of anilines is 1. The van der Waals surface area contributed by atoms with Crippen molar-refractivity contribution in [1.82, 2.24) is 4.98 Å². The van der Waals surface area contributed by atoms with Crippen molar-refractivity contribution in [2.24, 2.45) is 5.92 Å². The fourth-order valence-electron chi connectivity index (χ4n) is 3.29. The second-order valence-electron chi connectivity index (χ2n) is 7.06. The Morgan fingerprint density at radius 3 is 2.59 bits per heavy atom. The van der Waals surface area contributed by atoms with E-state index in [4.69, 9.17) is 16.3 Å². The van der Waals surface area contributed by atoms with Gasteiger partial charge in [0.25, 0.3) is 0 Å². The lowest BCUT2D eigenvalue weighted by atomic mass is 10.0. The third-order valence-electron chi connectivity index (χ3n) is 4.87. The molecular formula is C21H19ClN2O4S. The van der Waals surface area contributed by atoms with E-state index in [0.717, 1.165) is 17.2 Å². The zero-order valence-corrected chi connectivity index (χ0v) is 17.3. The number of halogens is 1.